The molecule has 0 radical (unpaired) electrons. The zero-order valence-electron chi connectivity index (χ0n) is 7.06. The molecule has 0 unspecified atom stereocenters. The number of halogens is 2. The first kappa shape index (κ1) is 9.62. The summed E-state index contributed by atoms with van der Waals surface area (Å²) in [7, 11) is 1.59. The van der Waals surface area contributed by atoms with Crippen molar-refractivity contribution in [1.29, 1.82) is 5.26 Å². The molecule has 1 rings (SSSR count). The van der Waals surface area contributed by atoms with Crippen LogP contribution in [0.4, 0.5) is 8.78 Å². The van der Waals surface area contributed by atoms with Gasteiger partial charge in [-0.05, 0) is 19.2 Å². The van der Waals surface area contributed by atoms with Crippen molar-refractivity contribution in [3.05, 3.63) is 34.9 Å². The molecule has 1 aromatic rings. The quantitative estimate of drug-likeness (QED) is 0.753. The van der Waals surface area contributed by atoms with E-state index in [4.69, 9.17) is 5.26 Å². The Bertz CT molecular complexity index is 332. The Labute approximate surface area is 74.8 Å². The maximum absolute atomic E-state index is 13.1. The predicted molar refractivity (Wildman–Crippen MR) is 43.8 cm³/mol. The number of benzene rings is 1. The van der Waals surface area contributed by atoms with Crippen LogP contribution >= 0.6 is 0 Å². The fraction of sp³-hybridized carbons (Fsp3) is 0.222. The van der Waals surface area contributed by atoms with Crippen LogP contribution in [0.2, 0.25) is 0 Å². The van der Waals surface area contributed by atoms with Gasteiger partial charge in [0.05, 0.1) is 11.6 Å². The first-order chi connectivity index (χ1) is 6.19. The third kappa shape index (κ3) is 2.01. The summed E-state index contributed by atoms with van der Waals surface area (Å²) in [5.41, 5.74) is -0.0450. The van der Waals surface area contributed by atoms with E-state index in [1.807, 2.05) is 0 Å². The molecule has 0 aliphatic rings. The number of hydrogen-bond acceptors (Lipinski definition) is 2. The van der Waals surface area contributed by atoms with Gasteiger partial charge < -0.3 is 5.32 Å². The summed E-state index contributed by atoms with van der Waals surface area (Å²) >= 11 is 0. The minimum absolute atomic E-state index is 0.00477. The maximum atomic E-state index is 13.1. The normalized spacial score (nSPS) is 9.69. The number of rotatable bonds is 2. The van der Waals surface area contributed by atoms with Crippen molar-refractivity contribution in [1.82, 2.24) is 5.32 Å². The van der Waals surface area contributed by atoms with Crippen molar-refractivity contribution in [3.8, 4) is 6.07 Å². The number of nitrogens with one attached hydrogen (secondary N) is 1. The smallest absolute Gasteiger partial charge is 0.131 e. The van der Waals surface area contributed by atoms with Gasteiger partial charge in [-0.2, -0.15) is 5.26 Å². The Hall–Kier alpha value is -1.47. The molecule has 0 saturated heterocycles. The third-order valence-electron chi connectivity index (χ3n) is 1.62. The van der Waals surface area contributed by atoms with E-state index in [2.05, 4.69) is 5.32 Å². The molecule has 0 amide bonds. The van der Waals surface area contributed by atoms with E-state index in [1.165, 1.54) is 0 Å². The average molecular weight is 182 g/mol. The Morgan fingerprint density at radius 3 is 2.31 bits per heavy atom. The number of hydrogen-bond donors (Lipinski definition) is 1. The van der Waals surface area contributed by atoms with Crippen LogP contribution in [-0.2, 0) is 6.54 Å². The third-order valence-corrected chi connectivity index (χ3v) is 1.62. The molecule has 0 saturated carbocycles. The standard InChI is InChI=1S/C9H8F2N2/c1-13-5-7-8(10)2-6(4-12)3-9(7)11/h2-3,13H,5H2,1H3. The molecular formula is C9H8F2N2. The molecule has 4 heteroatoms. The largest absolute Gasteiger partial charge is 0.315 e. The summed E-state index contributed by atoms with van der Waals surface area (Å²) in [6, 6.07) is 3.72. The Balaban J connectivity index is 3.17. The average Bonchev–Trinajstić information content (AvgIpc) is 2.11. The minimum atomic E-state index is -0.689. The number of nitriles is 1. The fourth-order valence-corrected chi connectivity index (χ4v) is 1.01. The van der Waals surface area contributed by atoms with Crippen LogP contribution in [0.5, 0.6) is 0 Å². The SMILES string of the molecule is CNCc1c(F)cc(C#N)cc1F. The maximum Gasteiger partial charge on any atom is 0.131 e. The highest BCUT2D eigenvalue weighted by Crippen LogP contribution is 2.14. The molecule has 0 atom stereocenters. The van der Waals surface area contributed by atoms with Crippen LogP contribution in [-0.4, -0.2) is 7.05 Å². The Morgan fingerprint density at radius 1 is 1.38 bits per heavy atom. The molecule has 2 nitrogen and oxygen atoms in total. The zero-order valence-corrected chi connectivity index (χ0v) is 7.06. The summed E-state index contributed by atoms with van der Waals surface area (Å²) in [6.45, 7) is 0.114. The van der Waals surface area contributed by atoms with Crippen LogP contribution in [0.15, 0.2) is 12.1 Å². The van der Waals surface area contributed by atoms with Crippen LogP contribution in [0.25, 0.3) is 0 Å². The first-order valence-corrected chi connectivity index (χ1v) is 3.71. The van der Waals surface area contributed by atoms with Gasteiger partial charge in [-0.3, -0.25) is 0 Å². The second-order valence-electron chi connectivity index (χ2n) is 2.56. The monoisotopic (exact) mass is 182 g/mol. The second-order valence-corrected chi connectivity index (χ2v) is 2.56. The lowest BCUT2D eigenvalue weighted by Gasteiger charge is -2.03. The van der Waals surface area contributed by atoms with Crippen molar-refractivity contribution in [2.45, 2.75) is 6.54 Å². The van der Waals surface area contributed by atoms with Gasteiger partial charge in [-0.25, -0.2) is 8.78 Å². The molecule has 1 N–H and O–H groups in total. The highest BCUT2D eigenvalue weighted by Gasteiger charge is 2.09. The molecule has 0 aromatic heterocycles. The van der Waals surface area contributed by atoms with E-state index < -0.39 is 11.6 Å². The Morgan fingerprint density at radius 2 is 1.92 bits per heavy atom. The van der Waals surface area contributed by atoms with Gasteiger partial charge in [0.2, 0.25) is 0 Å². The molecule has 1 aromatic carbocycles. The van der Waals surface area contributed by atoms with Crippen molar-refractivity contribution < 1.29 is 8.78 Å². The van der Waals surface area contributed by atoms with Gasteiger partial charge in [0, 0.05) is 12.1 Å². The number of nitrogens with zero attached hydrogens (tertiary/aromatic N) is 1. The van der Waals surface area contributed by atoms with Crippen molar-refractivity contribution in [2.24, 2.45) is 0 Å². The van der Waals surface area contributed by atoms with Crippen molar-refractivity contribution in [3.63, 3.8) is 0 Å². The second kappa shape index (κ2) is 3.97. The molecule has 0 heterocycles. The summed E-state index contributed by atoms with van der Waals surface area (Å²) in [6.07, 6.45) is 0. The van der Waals surface area contributed by atoms with Crippen LogP contribution in [0.3, 0.4) is 0 Å². The highest BCUT2D eigenvalue weighted by molar-refractivity contribution is 5.34. The van der Waals surface area contributed by atoms with E-state index >= 15 is 0 Å². The van der Waals surface area contributed by atoms with E-state index in [0.29, 0.717) is 0 Å². The lowest BCUT2D eigenvalue weighted by Crippen LogP contribution is -2.09. The summed E-state index contributed by atoms with van der Waals surface area (Å²) < 4.78 is 26.1. The van der Waals surface area contributed by atoms with Crippen molar-refractivity contribution in [2.75, 3.05) is 7.05 Å². The molecule has 0 bridgehead atoms. The highest BCUT2D eigenvalue weighted by atomic mass is 19.1. The molecule has 68 valence electrons. The van der Waals surface area contributed by atoms with E-state index in [1.54, 1.807) is 13.1 Å². The topological polar surface area (TPSA) is 35.8 Å². The van der Waals surface area contributed by atoms with Gasteiger partial charge in [0.15, 0.2) is 0 Å². The van der Waals surface area contributed by atoms with E-state index in [-0.39, 0.29) is 17.7 Å². The summed E-state index contributed by atoms with van der Waals surface area (Å²) in [4.78, 5) is 0. The molecule has 0 aliphatic heterocycles. The van der Waals surface area contributed by atoms with Crippen LogP contribution in [0.1, 0.15) is 11.1 Å². The van der Waals surface area contributed by atoms with Gasteiger partial charge in [-0.15, -0.1) is 0 Å². The van der Waals surface area contributed by atoms with E-state index in [0.717, 1.165) is 12.1 Å². The molecule has 0 spiro atoms. The van der Waals surface area contributed by atoms with Gasteiger partial charge in [0.1, 0.15) is 11.6 Å². The molecule has 13 heavy (non-hydrogen) atoms. The molecule has 0 aliphatic carbocycles. The molecule has 0 fully saturated rings. The lowest BCUT2D eigenvalue weighted by atomic mass is 10.1. The summed E-state index contributed by atoms with van der Waals surface area (Å²) in [5, 5.41) is 11.0. The van der Waals surface area contributed by atoms with Gasteiger partial charge >= 0.3 is 0 Å². The van der Waals surface area contributed by atoms with Crippen LogP contribution in [0, 0.1) is 23.0 Å². The first-order valence-electron chi connectivity index (χ1n) is 3.71. The van der Waals surface area contributed by atoms with E-state index in [9.17, 15) is 8.78 Å². The van der Waals surface area contributed by atoms with Gasteiger partial charge in [0.25, 0.3) is 0 Å². The van der Waals surface area contributed by atoms with Gasteiger partial charge in [-0.1, -0.05) is 0 Å². The summed E-state index contributed by atoms with van der Waals surface area (Å²) in [5.74, 6) is -1.38. The Kier molecular flexibility index (Phi) is 2.93. The lowest BCUT2D eigenvalue weighted by molar-refractivity contribution is 0.545. The molecular weight excluding hydrogens is 174 g/mol. The zero-order chi connectivity index (χ0) is 9.84. The van der Waals surface area contributed by atoms with Crippen molar-refractivity contribution >= 4 is 0 Å². The predicted octanol–water partition coefficient (Wildman–Crippen LogP) is 1.56. The van der Waals surface area contributed by atoms with Crippen LogP contribution < -0.4 is 5.32 Å². The fourth-order valence-electron chi connectivity index (χ4n) is 1.01. The minimum Gasteiger partial charge on any atom is -0.315 e.